The van der Waals surface area contributed by atoms with Gasteiger partial charge in [-0.25, -0.2) is 14.8 Å². The van der Waals surface area contributed by atoms with Crippen LogP contribution in [0, 0.1) is 23.7 Å². The number of aryl methyl sites for hydroxylation is 2. The number of carbonyl (C=O) groups excluding carboxylic acids is 1. The summed E-state index contributed by atoms with van der Waals surface area (Å²) >= 11 is 1.44. The number of pyridine rings is 1. The Balaban J connectivity index is 1.42. The van der Waals surface area contributed by atoms with Gasteiger partial charge in [-0.05, 0) is 31.2 Å². The zero-order valence-corrected chi connectivity index (χ0v) is 19.6. The molecule has 4 aromatic rings. The molecule has 9 heteroatoms. The van der Waals surface area contributed by atoms with Gasteiger partial charge >= 0.3 is 6.03 Å². The summed E-state index contributed by atoms with van der Waals surface area (Å²) in [5.74, 6) is 0. The highest BCUT2D eigenvalue weighted by molar-refractivity contribution is 7.19. The highest BCUT2D eigenvalue weighted by Crippen LogP contribution is 2.43. The third-order valence-electron chi connectivity index (χ3n) is 6.47. The van der Waals surface area contributed by atoms with Crippen LogP contribution in [-0.4, -0.2) is 51.8 Å². The maximum Gasteiger partial charge on any atom is 0.323 e. The highest BCUT2D eigenvalue weighted by Gasteiger charge is 2.50. The molecule has 8 nitrogen and oxygen atoms in total. The summed E-state index contributed by atoms with van der Waals surface area (Å²) in [6, 6.07) is 13.5. The Morgan fingerprint density at radius 3 is 2.79 bits per heavy atom. The number of aromatic nitrogens is 3. The molecule has 34 heavy (non-hydrogen) atoms. The first-order valence-electron chi connectivity index (χ1n) is 11.0. The second kappa shape index (κ2) is 7.65. The number of hydrogen-bond acceptors (Lipinski definition) is 6. The molecule has 2 amide bonds. The van der Waals surface area contributed by atoms with Crippen LogP contribution in [0.1, 0.15) is 11.3 Å². The lowest BCUT2D eigenvalue weighted by molar-refractivity contribution is -0.174. The Hall–Kier alpha value is -3.74. The van der Waals surface area contributed by atoms with Crippen molar-refractivity contribution in [2.24, 2.45) is 12.5 Å². The fourth-order valence-corrected chi connectivity index (χ4v) is 5.69. The average Bonchev–Trinajstić information content (AvgIpc) is 3.35. The molecule has 0 saturated carbocycles. The van der Waals surface area contributed by atoms with Crippen LogP contribution < -0.4 is 5.32 Å². The molecule has 2 aliphatic rings. The smallest absolute Gasteiger partial charge is 0.323 e. The molecule has 1 spiro atoms. The third-order valence-corrected chi connectivity index (χ3v) is 7.48. The van der Waals surface area contributed by atoms with Gasteiger partial charge in [0.1, 0.15) is 5.65 Å². The Kier molecular flexibility index (Phi) is 4.69. The largest absolute Gasteiger partial charge is 0.380 e. The van der Waals surface area contributed by atoms with Crippen LogP contribution >= 0.6 is 11.3 Å². The molecule has 0 radical (unpaired) electrons. The number of urea groups is 1. The number of fused-ring (bicyclic) bond motifs is 1. The van der Waals surface area contributed by atoms with E-state index in [1.807, 2.05) is 49.0 Å². The molecule has 2 saturated heterocycles. The van der Waals surface area contributed by atoms with Gasteiger partial charge in [0.15, 0.2) is 5.13 Å². The van der Waals surface area contributed by atoms with Crippen LogP contribution in [0.2, 0.25) is 0 Å². The lowest BCUT2D eigenvalue weighted by atomic mass is 9.78. The number of nitrogens with one attached hydrogen (secondary N) is 1. The van der Waals surface area contributed by atoms with Crippen molar-refractivity contribution in [1.82, 2.24) is 19.4 Å². The minimum absolute atomic E-state index is 0.147. The van der Waals surface area contributed by atoms with Crippen LogP contribution in [0.4, 0.5) is 9.93 Å². The molecule has 5 heterocycles. The summed E-state index contributed by atoms with van der Waals surface area (Å²) in [6.45, 7) is 4.85. The van der Waals surface area contributed by atoms with Crippen molar-refractivity contribution >= 4 is 33.5 Å². The summed E-state index contributed by atoms with van der Waals surface area (Å²) in [4.78, 5) is 25.1. The quantitative estimate of drug-likeness (QED) is 0.479. The molecule has 6 rings (SSSR count). The normalized spacial score (nSPS) is 16.2. The predicted molar refractivity (Wildman–Crippen MR) is 131 cm³/mol. The van der Waals surface area contributed by atoms with E-state index >= 15 is 0 Å². The molecule has 0 atom stereocenters. The van der Waals surface area contributed by atoms with Gasteiger partial charge < -0.3 is 14.2 Å². The summed E-state index contributed by atoms with van der Waals surface area (Å²) < 4.78 is 7.31. The fourth-order valence-electron chi connectivity index (χ4n) is 4.68. The van der Waals surface area contributed by atoms with Crippen molar-refractivity contribution < 1.29 is 9.53 Å². The number of carbonyl (C=O) groups is 1. The summed E-state index contributed by atoms with van der Waals surface area (Å²) in [7, 11) is 1.97. The van der Waals surface area contributed by atoms with Gasteiger partial charge in [-0.3, -0.25) is 5.32 Å². The van der Waals surface area contributed by atoms with Crippen molar-refractivity contribution in [2.45, 2.75) is 6.92 Å². The van der Waals surface area contributed by atoms with E-state index in [1.54, 1.807) is 11.0 Å². The standard InChI is InChI=1S/C25H22N6O2S/c1-15-8-19(18-6-7-30(2)22(18)27-15)21-20(17-5-3-4-16(9-17)10-26)28-23(34-21)29-24(32)31-11-25(12-31)13-33-14-25/h3-9H,11-14H2,1-2H3,(H,28,29,32). The zero-order chi connectivity index (χ0) is 23.4. The molecule has 2 fully saturated rings. The molecule has 0 unspecified atom stereocenters. The molecule has 1 N–H and O–H groups in total. The Morgan fingerprint density at radius 2 is 2.06 bits per heavy atom. The number of hydrogen-bond donors (Lipinski definition) is 1. The second-order valence-corrected chi connectivity index (χ2v) is 10.1. The molecular formula is C25H22N6O2S. The van der Waals surface area contributed by atoms with Crippen molar-refractivity contribution in [3.8, 4) is 27.8 Å². The van der Waals surface area contributed by atoms with Gasteiger partial charge in [0.2, 0.25) is 0 Å². The zero-order valence-electron chi connectivity index (χ0n) is 18.8. The van der Waals surface area contributed by atoms with Crippen molar-refractivity contribution in [3.63, 3.8) is 0 Å². The highest BCUT2D eigenvalue weighted by atomic mass is 32.1. The SMILES string of the molecule is Cc1cc(-c2sc(NC(=O)N3CC4(COC4)C3)nc2-c2cccc(C#N)c2)c2ccn(C)c2n1. The van der Waals surface area contributed by atoms with Gasteiger partial charge in [0.05, 0.1) is 40.8 Å². The molecule has 170 valence electrons. The molecule has 0 bridgehead atoms. The van der Waals surface area contributed by atoms with E-state index in [2.05, 4.69) is 17.5 Å². The Bertz CT molecular complexity index is 1490. The number of likely N-dealkylation sites (tertiary alicyclic amines) is 1. The molecule has 0 aliphatic carbocycles. The maximum atomic E-state index is 12.9. The fraction of sp³-hybridized carbons (Fsp3) is 0.280. The minimum atomic E-state index is -0.147. The number of nitrogens with zero attached hydrogens (tertiary/aromatic N) is 5. The average molecular weight is 471 g/mol. The van der Waals surface area contributed by atoms with Crippen LogP contribution in [0.3, 0.4) is 0 Å². The Labute approximate surface area is 200 Å². The molecule has 2 aliphatic heterocycles. The van der Waals surface area contributed by atoms with E-state index in [4.69, 9.17) is 14.7 Å². The predicted octanol–water partition coefficient (Wildman–Crippen LogP) is 4.41. The van der Waals surface area contributed by atoms with Crippen molar-refractivity contribution in [2.75, 3.05) is 31.6 Å². The second-order valence-electron chi connectivity index (χ2n) is 9.14. The van der Waals surface area contributed by atoms with E-state index in [0.29, 0.717) is 23.8 Å². The van der Waals surface area contributed by atoms with Crippen molar-refractivity contribution in [1.29, 1.82) is 5.26 Å². The van der Waals surface area contributed by atoms with Crippen LogP contribution in [0.25, 0.3) is 32.7 Å². The number of thiazole rings is 1. The van der Waals surface area contributed by atoms with E-state index in [0.717, 1.165) is 51.6 Å². The molecular weight excluding hydrogens is 448 g/mol. The first-order chi connectivity index (χ1) is 16.4. The van der Waals surface area contributed by atoms with Crippen LogP contribution in [0.15, 0.2) is 42.6 Å². The monoisotopic (exact) mass is 470 g/mol. The third kappa shape index (κ3) is 3.34. The number of anilines is 1. The van der Waals surface area contributed by atoms with Gasteiger partial charge in [-0.1, -0.05) is 23.5 Å². The van der Waals surface area contributed by atoms with E-state index in [9.17, 15) is 10.1 Å². The van der Waals surface area contributed by atoms with E-state index in [-0.39, 0.29) is 11.4 Å². The summed E-state index contributed by atoms with van der Waals surface area (Å²) in [5, 5.41) is 14.0. The Morgan fingerprint density at radius 1 is 1.24 bits per heavy atom. The lowest BCUT2D eigenvalue weighted by Crippen LogP contribution is -2.67. The topological polar surface area (TPSA) is 96.1 Å². The van der Waals surface area contributed by atoms with Crippen LogP contribution in [0.5, 0.6) is 0 Å². The van der Waals surface area contributed by atoms with Gasteiger partial charge in [0.25, 0.3) is 0 Å². The van der Waals surface area contributed by atoms with Crippen LogP contribution in [-0.2, 0) is 11.8 Å². The van der Waals surface area contributed by atoms with Crippen molar-refractivity contribution in [3.05, 3.63) is 53.9 Å². The number of benzene rings is 1. The van der Waals surface area contributed by atoms with Gasteiger partial charge in [0, 0.05) is 48.5 Å². The number of ether oxygens (including phenoxy) is 1. The molecule has 3 aromatic heterocycles. The minimum Gasteiger partial charge on any atom is -0.380 e. The lowest BCUT2D eigenvalue weighted by Gasteiger charge is -2.54. The summed E-state index contributed by atoms with van der Waals surface area (Å²) in [5.41, 5.74) is 5.08. The number of amides is 2. The maximum absolute atomic E-state index is 12.9. The first-order valence-corrected chi connectivity index (χ1v) is 11.8. The van der Waals surface area contributed by atoms with E-state index < -0.39 is 0 Å². The molecule has 1 aromatic carbocycles. The van der Waals surface area contributed by atoms with E-state index in [1.165, 1.54) is 11.3 Å². The number of rotatable bonds is 3. The van der Waals surface area contributed by atoms with Gasteiger partial charge in [-0.15, -0.1) is 0 Å². The number of nitriles is 1. The summed E-state index contributed by atoms with van der Waals surface area (Å²) in [6.07, 6.45) is 1.99. The first kappa shape index (κ1) is 20.8. The van der Waals surface area contributed by atoms with Gasteiger partial charge in [-0.2, -0.15) is 5.26 Å².